The molecule has 2 heterocycles. The zero-order valence-electron chi connectivity index (χ0n) is 10.8. The average Bonchev–Trinajstić information content (AvgIpc) is 2.85. The van der Waals surface area contributed by atoms with E-state index in [2.05, 4.69) is 27.3 Å². The van der Waals surface area contributed by atoms with E-state index >= 15 is 0 Å². The lowest BCUT2D eigenvalue weighted by Crippen LogP contribution is -2.33. The van der Waals surface area contributed by atoms with Gasteiger partial charge >= 0.3 is 0 Å². The molecular formula is C12H22N4O. The van der Waals surface area contributed by atoms with Crippen LogP contribution in [0.3, 0.4) is 0 Å². The fourth-order valence-electron chi connectivity index (χ4n) is 2.39. The van der Waals surface area contributed by atoms with E-state index in [9.17, 15) is 0 Å². The second-order valence-electron chi connectivity index (χ2n) is 4.54. The molecule has 1 saturated heterocycles. The Kier molecular flexibility index (Phi) is 4.50. The number of rotatable bonds is 5. The molecule has 0 aliphatic carbocycles. The van der Waals surface area contributed by atoms with Crippen molar-refractivity contribution in [2.75, 3.05) is 26.7 Å². The maximum atomic E-state index is 5.40. The summed E-state index contributed by atoms with van der Waals surface area (Å²) in [6.45, 7) is 5.28. The van der Waals surface area contributed by atoms with Crippen LogP contribution in [0.1, 0.15) is 43.9 Å². The highest BCUT2D eigenvalue weighted by Crippen LogP contribution is 2.29. The zero-order valence-corrected chi connectivity index (χ0v) is 10.8. The second-order valence-corrected chi connectivity index (χ2v) is 4.54. The first-order valence-electron chi connectivity index (χ1n) is 6.56. The average molecular weight is 238 g/mol. The molecule has 96 valence electrons. The Hall–Kier alpha value is -0.940. The fourth-order valence-corrected chi connectivity index (χ4v) is 2.39. The zero-order chi connectivity index (χ0) is 12.1. The Morgan fingerprint density at radius 2 is 2.35 bits per heavy atom. The van der Waals surface area contributed by atoms with Gasteiger partial charge < -0.3 is 9.84 Å². The summed E-state index contributed by atoms with van der Waals surface area (Å²) in [5.41, 5.74) is 0. The van der Waals surface area contributed by atoms with E-state index in [1.807, 2.05) is 7.05 Å². The van der Waals surface area contributed by atoms with Crippen LogP contribution in [0.5, 0.6) is 0 Å². The number of hydrogen-bond acceptors (Lipinski definition) is 5. The van der Waals surface area contributed by atoms with Crippen molar-refractivity contribution in [3.05, 3.63) is 11.7 Å². The molecule has 1 aromatic rings. The molecule has 1 aliphatic rings. The number of aromatic nitrogens is 2. The second kappa shape index (κ2) is 6.12. The molecule has 17 heavy (non-hydrogen) atoms. The standard InChI is InChI=1S/C12H22N4O/c1-3-16-9-5-4-6-10(16)12-14-11(15-17-12)7-8-13-2/h10,13H,3-9H2,1-2H3. The Morgan fingerprint density at radius 1 is 1.47 bits per heavy atom. The van der Waals surface area contributed by atoms with Crippen molar-refractivity contribution >= 4 is 0 Å². The quantitative estimate of drug-likeness (QED) is 0.840. The number of nitrogens with one attached hydrogen (secondary N) is 1. The molecule has 0 spiro atoms. The number of piperidine rings is 1. The maximum Gasteiger partial charge on any atom is 0.243 e. The molecule has 0 amide bonds. The monoisotopic (exact) mass is 238 g/mol. The molecule has 0 aromatic carbocycles. The van der Waals surface area contributed by atoms with E-state index in [0.29, 0.717) is 6.04 Å². The topological polar surface area (TPSA) is 54.2 Å². The highest BCUT2D eigenvalue weighted by molar-refractivity contribution is 4.95. The molecule has 1 aliphatic heterocycles. The summed E-state index contributed by atoms with van der Waals surface area (Å²) in [5.74, 6) is 1.62. The summed E-state index contributed by atoms with van der Waals surface area (Å²) >= 11 is 0. The third kappa shape index (κ3) is 3.04. The van der Waals surface area contributed by atoms with Crippen LogP contribution in [0.4, 0.5) is 0 Å². The molecule has 5 nitrogen and oxygen atoms in total. The van der Waals surface area contributed by atoms with Gasteiger partial charge in [0.2, 0.25) is 5.89 Å². The van der Waals surface area contributed by atoms with Crippen molar-refractivity contribution < 1.29 is 4.52 Å². The van der Waals surface area contributed by atoms with Gasteiger partial charge in [-0.15, -0.1) is 0 Å². The number of nitrogens with zero attached hydrogens (tertiary/aromatic N) is 3. The lowest BCUT2D eigenvalue weighted by atomic mass is 10.0. The molecule has 0 radical (unpaired) electrons. The van der Waals surface area contributed by atoms with E-state index in [-0.39, 0.29) is 0 Å². The largest absolute Gasteiger partial charge is 0.338 e. The van der Waals surface area contributed by atoms with E-state index in [1.54, 1.807) is 0 Å². The van der Waals surface area contributed by atoms with Gasteiger partial charge in [0.05, 0.1) is 6.04 Å². The summed E-state index contributed by atoms with van der Waals surface area (Å²) in [5, 5.41) is 7.14. The van der Waals surface area contributed by atoms with Crippen molar-refractivity contribution in [2.24, 2.45) is 0 Å². The summed E-state index contributed by atoms with van der Waals surface area (Å²) in [7, 11) is 1.93. The Balaban J connectivity index is 2.02. The van der Waals surface area contributed by atoms with Crippen molar-refractivity contribution in [3.8, 4) is 0 Å². The van der Waals surface area contributed by atoms with Crippen molar-refractivity contribution in [3.63, 3.8) is 0 Å². The van der Waals surface area contributed by atoms with E-state index in [0.717, 1.165) is 44.2 Å². The molecule has 1 atom stereocenters. The summed E-state index contributed by atoms with van der Waals surface area (Å²) < 4.78 is 5.40. The van der Waals surface area contributed by atoms with Gasteiger partial charge in [-0.1, -0.05) is 18.5 Å². The van der Waals surface area contributed by atoms with Crippen LogP contribution in [0.2, 0.25) is 0 Å². The van der Waals surface area contributed by atoms with Crippen molar-refractivity contribution in [2.45, 2.75) is 38.6 Å². The Bertz CT molecular complexity index is 339. The molecular weight excluding hydrogens is 216 g/mol. The Labute approximate surface area is 103 Å². The fraction of sp³-hybridized carbons (Fsp3) is 0.833. The Morgan fingerprint density at radius 3 is 3.12 bits per heavy atom. The van der Waals surface area contributed by atoms with Gasteiger partial charge in [-0.05, 0) is 33.0 Å². The smallest absolute Gasteiger partial charge is 0.243 e. The van der Waals surface area contributed by atoms with Gasteiger partial charge in [-0.3, -0.25) is 4.90 Å². The summed E-state index contributed by atoms with van der Waals surface area (Å²) in [4.78, 5) is 6.94. The van der Waals surface area contributed by atoms with Crippen LogP contribution in [0, 0.1) is 0 Å². The van der Waals surface area contributed by atoms with E-state index in [4.69, 9.17) is 4.52 Å². The summed E-state index contributed by atoms with van der Waals surface area (Å²) in [6.07, 6.45) is 4.51. The van der Waals surface area contributed by atoms with Crippen LogP contribution < -0.4 is 5.32 Å². The van der Waals surface area contributed by atoms with E-state index < -0.39 is 0 Å². The van der Waals surface area contributed by atoms with Crippen LogP contribution in [0.15, 0.2) is 4.52 Å². The van der Waals surface area contributed by atoms with Crippen LogP contribution in [0.25, 0.3) is 0 Å². The molecule has 1 unspecified atom stereocenters. The highest BCUT2D eigenvalue weighted by atomic mass is 16.5. The molecule has 0 saturated carbocycles. The first-order valence-corrected chi connectivity index (χ1v) is 6.56. The van der Waals surface area contributed by atoms with Gasteiger partial charge in [0.15, 0.2) is 5.82 Å². The lowest BCUT2D eigenvalue weighted by Gasteiger charge is -2.32. The first-order chi connectivity index (χ1) is 8.35. The third-order valence-electron chi connectivity index (χ3n) is 3.39. The van der Waals surface area contributed by atoms with Crippen LogP contribution in [-0.4, -0.2) is 41.7 Å². The van der Waals surface area contributed by atoms with Gasteiger partial charge in [-0.25, -0.2) is 0 Å². The van der Waals surface area contributed by atoms with Crippen molar-refractivity contribution in [1.29, 1.82) is 0 Å². The molecule has 0 bridgehead atoms. The van der Waals surface area contributed by atoms with Crippen LogP contribution in [-0.2, 0) is 6.42 Å². The lowest BCUT2D eigenvalue weighted by molar-refractivity contribution is 0.125. The highest BCUT2D eigenvalue weighted by Gasteiger charge is 2.27. The molecule has 1 N–H and O–H groups in total. The molecule has 1 aromatic heterocycles. The number of likely N-dealkylation sites (tertiary alicyclic amines) is 1. The van der Waals surface area contributed by atoms with Gasteiger partial charge in [0.1, 0.15) is 0 Å². The SMILES string of the molecule is CCN1CCCCC1c1nc(CCNC)no1. The number of hydrogen-bond donors (Lipinski definition) is 1. The minimum absolute atomic E-state index is 0.338. The third-order valence-corrected chi connectivity index (χ3v) is 3.39. The normalized spacial score (nSPS) is 21.9. The van der Waals surface area contributed by atoms with Gasteiger partial charge in [0.25, 0.3) is 0 Å². The predicted octanol–water partition coefficient (Wildman–Crippen LogP) is 1.38. The number of likely N-dealkylation sites (N-methyl/N-ethyl adjacent to an activating group) is 1. The minimum Gasteiger partial charge on any atom is -0.338 e. The first kappa shape index (κ1) is 12.5. The van der Waals surface area contributed by atoms with Crippen molar-refractivity contribution in [1.82, 2.24) is 20.4 Å². The van der Waals surface area contributed by atoms with Gasteiger partial charge in [0, 0.05) is 13.0 Å². The van der Waals surface area contributed by atoms with Gasteiger partial charge in [-0.2, -0.15) is 4.98 Å². The summed E-state index contributed by atoms with van der Waals surface area (Å²) in [6, 6.07) is 0.338. The minimum atomic E-state index is 0.338. The van der Waals surface area contributed by atoms with Crippen LogP contribution >= 0.6 is 0 Å². The van der Waals surface area contributed by atoms with E-state index in [1.165, 1.54) is 12.8 Å². The molecule has 2 rings (SSSR count). The molecule has 5 heteroatoms. The predicted molar refractivity (Wildman–Crippen MR) is 65.8 cm³/mol. The maximum absolute atomic E-state index is 5.40. The molecule has 1 fully saturated rings.